The van der Waals surface area contributed by atoms with Gasteiger partial charge < -0.3 is 4.74 Å². The third-order valence-corrected chi connectivity index (χ3v) is 5.07. The molecule has 3 aromatic rings. The largest absolute Gasteiger partial charge is 0.487 e. The Morgan fingerprint density at radius 2 is 1.96 bits per heavy atom. The minimum Gasteiger partial charge on any atom is -0.487 e. The van der Waals surface area contributed by atoms with Crippen LogP contribution >= 0.6 is 39.1 Å². The van der Waals surface area contributed by atoms with Crippen LogP contribution in [0.4, 0.5) is 0 Å². The van der Waals surface area contributed by atoms with Crippen LogP contribution in [0.1, 0.15) is 11.1 Å². The van der Waals surface area contributed by atoms with Gasteiger partial charge in [-0.1, -0.05) is 45.2 Å². The van der Waals surface area contributed by atoms with Gasteiger partial charge >= 0.3 is 5.69 Å². The normalized spacial score (nSPS) is 10.9. The van der Waals surface area contributed by atoms with Gasteiger partial charge in [0.1, 0.15) is 12.4 Å². The van der Waals surface area contributed by atoms with Crippen LogP contribution in [0.2, 0.25) is 10.0 Å². The summed E-state index contributed by atoms with van der Waals surface area (Å²) in [5.74, 6) is 0.463. The van der Waals surface area contributed by atoms with Crippen molar-refractivity contribution in [2.75, 3.05) is 0 Å². The first-order valence-corrected chi connectivity index (χ1v) is 8.78. The van der Waals surface area contributed by atoms with Gasteiger partial charge in [-0.2, -0.15) is 9.36 Å². The number of hydrogen-bond acceptors (Lipinski definition) is 4. The molecule has 130 valence electrons. The molecular formula is C16H13BrCl2N4O2. The number of aromatic nitrogens is 4. The molecule has 9 heteroatoms. The van der Waals surface area contributed by atoms with Crippen LogP contribution < -0.4 is 10.4 Å². The van der Waals surface area contributed by atoms with E-state index >= 15 is 0 Å². The van der Waals surface area contributed by atoms with E-state index in [2.05, 4.69) is 26.4 Å². The first kappa shape index (κ1) is 18.0. The maximum atomic E-state index is 12.1. The number of benzene rings is 2. The molecule has 25 heavy (non-hydrogen) atoms. The zero-order chi connectivity index (χ0) is 18.1. The maximum absolute atomic E-state index is 12.1. The number of hydrogen-bond donors (Lipinski definition) is 0. The van der Waals surface area contributed by atoms with Gasteiger partial charge in [-0.3, -0.25) is 0 Å². The monoisotopic (exact) mass is 442 g/mol. The summed E-state index contributed by atoms with van der Waals surface area (Å²) in [6.45, 7) is 2.03. The molecule has 1 heterocycles. The predicted molar refractivity (Wildman–Crippen MR) is 99.8 cm³/mol. The Morgan fingerprint density at radius 1 is 1.20 bits per heavy atom. The zero-order valence-corrected chi connectivity index (χ0v) is 16.4. The van der Waals surface area contributed by atoms with Gasteiger partial charge in [0, 0.05) is 28.2 Å². The molecule has 0 spiro atoms. The van der Waals surface area contributed by atoms with E-state index < -0.39 is 0 Å². The van der Waals surface area contributed by atoms with Crippen molar-refractivity contribution in [1.82, 2.24) is 19.8 Å². The summed E-state index contributed by atoms with van der Waals surface area (Å²) in [5.41, 5.74) is 1.82. The lowest BCUT2D eigenvalue weighted by Gasteiger charge is -2.13. The molecule has 0 atom stereocenters. The number of aryl methyl sites for hydroxylation is 2. The Morgan fingerprint density at radius 3 is 2.64 bits per heavy atom. The molecule has 0 bridgehead atoms. The Bertz CT molecular complexity index is 1000. The van der Waals surface area contributed by atoms with Gasteiger partial charge in [-0.25, -0.2) is 4.79 Å². The average Bonchev–Trinajstić information content (AvgIpc) is 2.90. The van der Waals surface area contributed by atoms with E-state index in [9.17, 15) is 4.79 Å². The molecule has 1 aromatic heterocycles. The quantitative estimate of drug-likeness (QED) is 0.613. The Hall–Kier alpha value is -1.83. The van der Waals surface area contributed by atoms with Crippen LogP contribution in [0.3, 0.4) is 0 Å². The summed E-state index contributed by atoms with van der Waals surface area (Å²) >= 11 is 15.8. The maximum Gasteiger partial charge on any atom is 0.368 e. The van der Waals surface area contributed by atoms with Crippen molar-refractivity contribution < 1.29 is 4.74 Å². The standard InChI is InChI=1S/C16H13BrCl2N4O2/c1-9-6-13(19)15(7-12(9)18)25-8-10-11(17)4-3-5-14(10)23-16(24)22(2)20-21-23/h3-7H,8H2,1-2H3. The van der Waals surface area contributed by atoms with Gasteiger partial charge in [0.05, 0.1) is 10.7 Å². The smallest absolute Gasteiger partial charge is 0.368 e. The molecule has 0 amide bonds. The van der Waals surface area contributed by atoms with E-state index in [0.717, 1.165) is 20.3 Å². The van der Waals surface area contributed by atoms with E-state index in [4.69, 9.17) is 27.9 Å². The van der Waals surface area contributed by atoms with E-state index in [1.54, 1.807) is 24.3 Å². The molecule has 2 aromatic carbocycles. The summed E-state index contributed by atoms with van der Waals surface area (Å²) in [6.07, 6.45) is 0. The number of nitrogens with zero attached hydrogens (tertiary/aromatic N) is 4. The van der Waals surface area contributed by atoms with Crippen molar-refractivity contribution in [2.45, 2.75) is 13.5 Å². The number of tetrazole rings is 1. The molecular weight excluding hydrogens is 431 g/mol. The lowest BCUT2D eigenvalue weighted by Crippen LogP contribution is -2.23. The van der Waals surface area contributed by atoms with Crippen molar-refractivity contribution in [1.29, 1.82) is 0 Å². The number of ether oxygens (including phenoxy) is 1. The molecule has 0 aliphatic carbocycles. The first-order chi connectivity index (χ1) is 11.9. The number of halogens is 3. The second-order valence-corrected chi connectivity index (χ2v) is 7.02. The summed E-state index contributed by atoms with van der Waals surface area (Å²) in [4.78, 5) is 12.1. The molecule has 0 N–H and O–H groups in total. The first-order valence-electron chi connectivity index (χ1n) is 7.23. The van der Waals surface area contributed by atoms with Gasteiger partial charge in [0.15, 0.2) is 0 Å². The summed E-state index contributed by atoms with van der Waals surface area (Å²) in [6, 6.07) is 8.84. The Labute approximate surface area is 162 Å². The van der Waals surface area contributed by atoms with Crippen molar-refractivity contribution in [3.63, 3.8) is 0 Å². The lowest BCUT2D eigenvalue weighted by molar-refractivity contribution is 0.305. The lowest BCUT2D eigenvalue weighted by atomic mass is 10.2. The van der Waals surface area contributed by atoms with E-state index in [-0.39, 0.29) is 12.3 Å². The van der Waals surface area contributed by atoms with Crippen LogP contribution in [0.5, 0.6) is 5.75 Å². The molecule has 0 fully saturated rings. The van der Waals surface area contributed by atoms with Gasteiger partial charge in [-0.15, -0.1) is 0 Å². The highest BCUT2D eigenvalue weighted by molar-refractivity contribution is 9.10. The second kappa shape index (κ2) is 7.19. The van der Waals surface area contributed by atoms with E-state index in [1.807, 2.05) is 13.0 Å². The Balaban J connectivity index is 1.97. The Kier molecular flexibility index (Phi) is 5.17. The minimum atomic E-state index is -0.351. The van der Waals surface area contributed by atoms with Crippen LogP contribution in [0.15, 0.2) is 39.6 Å². The highest BCUT2D eigenvalue weighted by Gasteiger charge is 2.15. The fourth-order valence-corrected chi connectivity index (χ4v) is 3.14. The SMILES string of the molecule is Cc1cc(Cl)c(OCc2c(Br)cccc2-n2nnn(C)c2=O)cc1Cl. The van der Waals surface area contributed by atoms with Gasteiger partial charge in [0.25, 0.3) is 0 Å². The molecule has 0 saturated heterocycles. The van der Waals surface area contributed by atoms with Crippen molar-refractivity contribution in [2.24, 2.45) is 7.05 Å². The zero-order valence-electron chi connectivity index (χ0n) is 13.3. The van der Waals surface area contributed by atoms with Crippen LogP contribution in [-0.4, -0.2) is 19.8 Å². The highest BCUT2D eigenvalue weighted by Crippen LogP contribution is 2.32. The van der Waals surface area contributed by atoms with Crippen LogP contribution in [0.25, 0.3) is 5.69 Å². The third-order valence-electron chi connectivity index (χ3n) is 3.63. The van der Waals surface area contributed by atoms with E-state index in [1.165, 1.54) is 11.7 Å². The third kappa shape index (κ3) is 3.58. The molecule has 0 radical (unpaired) electrons. The predicted octanol–water partition coefficient (Wildman–Crippen LogP) is 3.92. The fourth-order valence-electron chi connectivity index (χ4n) is 2.24. The second-order valence-electron chi connectivity index (χ2n) is 5.35. The molecule has 0 aliphatic heterocycles. The number of rotatable bonds is 4. The van der Waals surface area contributed by atoms with Crippen molar-refractivity contribution in [3.8, 4) is 11.4 Å². The summed E-state index contributed by atoms with van der Waals surface area (Å²) in [5, 5.41) is 8.65. The highest BCUT2D eigenvalue weighted by atomic mass is 79.9. The van der Waals surface area contributed by atoms with Crippen LogP contribution in [-0.2, 0) is 13.7 Å². The minimum absolute atomic E-state index is 0.166. The molecule has 6 nitrogen and oxygen atoms in total. The average molecular weight is 444 g/mol. The molecule has 0 unspecified atom stereocenters. The van der Waals surface area contributed by atoms with Crippen LogP contribution in [0, 0.1) is 6.92 Å². The van der Waals surface area contributed by atoms with Gasteiger partial charge in [0.2, 0.25) is 0 Å². The van der Waals surface area contributed by atoms with E-state index in [0.29, 0.717) is 21.5 Å². The topological polar surface area (TPSA) is 61.9 Å². The summed E-state index contributed by atoms with van der Waals surface area (Å²) in [7, 11) is 1.54. The van der Waals surface area contributed by atoms with Crippen molar-refractivity contribution in [3.05, 3.63) is 66.5 Å². The van der Waals surface area contributed by atoms with Crippen molar-refractivity contribution >= 4 is 39.1 Å². The molecule has 0 aliphatic rings. The van der Waals surface area contributed by atoms with Gasteiger partial charge in [-0.05, 0) is 41.1 Å². The summed E-state index contributed by atoms with van der Waals surface area (Å²) < 4.78 is 8.98. The molecule has 3 rings (SSSR count). The molecule has 0 saturated carbocycles. The fraction of sp³-hybridized carbons (Fsp3) is 0.188.